The van der Waals surface area contributed by atoms with Crippen molar-refractivity contribution in [1.29, 1.82) is 0 Å². The fourth-order valence-electron chi connectivity index (χ4n) is 3.46. The molecule has 1 fully saturated rings. The van der Waals surface area contributed by atoms with E-state index in [9.17, 15) is 19.1 Å². The van der Waals surface area contributed by atoms with Crippen LogP contribution in [0.1, 0.15) is 37.7 Å². The standard InChI is InChI=1S/C23H26FNO5/c24-20-9-5-4-6-17(20)15-29-23(12-10-18(26)11-13-23)16-25-21(27)14-22(28)30-19-7-2-1-3-8-19/h1-9,18,26H,10-16H2,(H,25,27). The molecule has 160 valence electrons. The zero-order chi connectivity index (χ0) is 21.4. The lowest BCUT2D eigenvalue weighted by atomic mass is 9.83. The van der Waals surface area contributed by atoms with E-state index in [1.807, 2.05) is 0 Å². The third kappa shape index (κ3) is 6.37. The van der Waals surface area contributed by atoms with Gasteiger partial charge in [0.25, 0.3) is 0 Å². The zero-order valence-corrected chi connectivity index (χ0v) is 16.7. The van der Waals surface area contributed by atoms with E-state index in [0.29, 0.717) is 37.0 Å². The van der Waals surface area contributed by atoms with Crippen LogP contribution in [0.2, 0.25) is 0 Å². The largest absolute Gasteiger partial charge is 0.426 e. The number of rotatable bonds is 8. The van der Waals surface area contributed by atoms with Crippen LogP contribution in [0.5, 0.6) is 5.75 Å². The van der Waals surface area contributed by atoms with Gasteiger partial charge in [0, 0.05) is 12.1 Å². The molecule has 0 spiro atoms. The van der Waals surface area contributed by atoms with E-state index in [0.717, 1.165) is 0 Å². The average Bonchev–Trinajstić information content (AvgIpc) is 2.74. The van der Waals surface area contributed by atoms with Crippen LogP contribution in [-0.4, -0.2) is 35.2 Å². The zero-order valence-electron chi connectivity index (χ0n) is 16.7. The molecule has 0 heterocycles. The second-order valence-electron chi connectivity index (χ2n) is 7.53. The van der Waals surface area contributed by atoms with E-state index in [2.05, 4.69) is 5.32 Å². The number of hydrogen-bond donors (Lipinski definition) is 2. The molecule has 0 atom stereocenters. The maximum Gasteiger partial charge on any atom is 0.320 e. The smallest absolute Gasteiger partial charge is 0.320 e. The van der Waals surface area contributed by atoms with E-state index in [4.69, 9.17) is 9.47 Å². The van der Waals surface area contributed by atoms with Crippen molar-refractivity contribution in [3.63, 3.8) is 0 Å². The molecular weight excluding hydrogens is 389 g/mol. The molecule has 1 amide bonds. The quantitative estimate of drug-likeness (QED) is 0.393. The number of ether oxygens (including phenoxy) is 2. The first-order valence-electron chi connectivity index (χ1n) is 10.0. The minimum atomic E-state index is -0.722. The number of benzene rings is 2. The normalized spacial score (nSPS) is 21.1. The van der Waals surface area contributed by atoms with Gasteiger partial charge in [0.2, 0.25) is 5.91 Å². The number of aliphatic hydroxyl groups excluding tert-OH is 1. The first-order valence-corrected chi connectivity index (χ1v) is 10.0. The number of nitrogens with one attached hydrogen (secondary N) is 1. The summed E-state index contributed by atoms with van der Waals surface area (Å²) in [7, 11) is 0. The molecule has 2 aromatic rings. The predicted molar refractivity (Wildman–Crippen MR) is 108 cm³/mol. The van der Waals surface area contributed by atoms with E-state index >= 15 is 0 Å². The summed E-state index contributed by atoms with van der Waals surface area (Å²) >= 11 is 0. The van der Waals surface area contributed by atoms with Gasteiger partial charge in [-0.05, 0) is 43.9 Å². The Bertz CT molecular complexity index is 850. The van der Waals surface area contributed by atoms with Crippen molar-refractivity contribution in [2.45, 2.75) is 50.4 Å². The van der Waals surface area contributed by atoms with Gasteiger partial charge in [-0.1, -0.05) is 36.4 Å². The van der Waals surface area contributed by atoms with Gasteiger partial charge in [-0.2, -0.15) is 0 Å². The van der Waals surface area contributed by atoms with Crippen LogP contribution in [0.15, 0.2) is 54.6 Å². The van der Waals surface area contributed by atoms with Gasteiger partial charge in [-0.3, -0.25) is 9.59 Å². The van der Waals surface area contributed by atoms with E-state index in [1.165, 1.54) is 6.07 Å². The maximum atomic E-state index is 13.9. The molecule has 7 heteroatoms. The Balaban J connectivity index is 1.54. The Hall–Kier alpha value is -2.77. The molecule has 1 saturated carbocycles. The molecule has 0 unspecified atom stereocenters. The first kappa shape index (κ1) is 21.9. The Morgan fingerprint density at radius 1 is 1.07 bits per heavy atom. The Morgan fingerprint density at radius 2 is 1.73 bits per heavy atom. The summed E-state index contributed by atoms with van der Waals surface area (Å²) in [6, 6.07) is 14.9. The maximum absolute atomic E-state index is 13.9. The second kappa shape index (κ2) is 10.3. The lowest BCUT2D eigenvalue weighted by Gasteiger charge is -2.39. The monoisotopic (exact) mass is 415 g/mol. The fraction of sp³-hybridized carbons (Fsp3) is 0.391. The summed E-state index contributed by atoms with van der Waals surface area (Å²) in [6.45, 7) is 0.236. The molecule has 0 aromatic heterocycles. The summed E-state index contributed by atoms with van der Waals surface area (Å²) in [6.07, 6.45) is 1.29. The molecule has 3 rings (SSSR count). The van der Waals surface area contributed by atoms with Crippen molar-refractivity contribution >= 4 is 11.9 Å². The molecule has 0 aliphatic heterocycles. The van der Waals surface area contributed by atoms with Crippen molar-refractivity contribution in [2.75, 3.05) is 6.54 Å². The summed E-state index contributed by atoms with van der Waals surface area (Å²) in [5.74, 6) is -1.10. The van der Waals surface area contributed by atoms with Crippen LogP contribution >= 0.6 is 0 Å². The van der Waals surface area contributed by atoms with Crippen LogP contribution in [0, 0.1) is 5.82 Å². The van der Waals surface area contributed by atoms with Crippen LogP contribution in [-0.2, 0) is 20.9 Å². The van der Waals surface area contributed by atoms with Crippen molar-refractivity contribution < 1.29 is 28.6 Å². The molecule has 2 aromatic carbocycles. The predicted octanol–water partition coefficient (Wildman–Crippen LogP) is 3.13. The van der Waals surface area contributed by atoms with Gasteiger partial charge in [-0.25, -0.2) is 4.39 Å². The number of esters is 1. The van der Waals surface area contributed by atoms with Gasteiger partial charge in [0.15, 0.2) is 0 Å². The number of amides is 1. The highest BCUT2D eigenvalue weighted by molar-refractivity contribution is 5.95. The van der Waals surface area contributed by atoms with E-state index in [-0.39, 0.29) is 19.0 Å². The minimum Gasteiger partial charge on any atom is -0.426 e. The van der Waals surface area contributed by atoms with E-state index in [1.54, 1.807) is 48.5 Å². The van der Waals surface area contributed by atoms with Crippen molar-refractivity contribution in [3.8, 4) is 5.75 Å². The minimum absolute atomic E-state index is 0.0642. The second-order valence-corrected chi connectivity index (χ2v) is 7.53. The van der Waals surface area contributed by atoms with E-state index < -0.39 is 30.0 Å². The SMILES string of the molecule is O=C(CC(=O)Oc1ccccc1)NCC1(OCc2ccccc2F)CCC(O)CC1. The average molecular weight is 415 g/mol. The third-order valence-electron chi connectivity index (χ3n) is 5.25. The number of aliphatic hydroxyl groups is 1. The molecule has 1 aliphatic rings. The third-order valence-corrected chi connectivity index (χ3v) is 5.25. The molecule has 30 heavy (non-hydrogen) atoms. The summed E-state index contributed by atoms with van der Waals surface area (Å²) < 4.78 is 25.1. The summed E-state index contributed by atoms with van der Waals surface area (Å²) in [4.78, 5) is 24.2. The van der Waals surface area contributed by atoms with Crippen LogP contribution in [0.3, 0.4) is 0 Å². The topological polar surface area (TPSA) is 84.9 Å². The van der Waals surface area contributed by atoms with Crippen molar-refractivity contribution in [2.24, 2.45) is 0 Å². The van der Waals surface area contributed by atoms with Gasteiger partial charge in [0.05, 0.1) is 18.3 Å². The molecule has 0 radical (unpaired) electrons. The Morgan fingerprint density at radius 3 is 2.43 bits per heavy atom. The van der Waals surface area contributed by atoms with Crippen molar-refractivity contribution in [1.82, 2.24) is 5.32 Å². The summed E-state index contributed by atoms with van der Waals surface area (Å²) in [5.41, 5.74) is -0.290. The number of carbonyl (C=O) groups excluding carboxylic acids is 2. The molecule has 0 bridgehead atoms. The number of hydrogen-bond acceptors (Lipinski definition) is 5. The lowest BCUT2D eigenvalue weighted by Crippen LogP contribution is -2.48. The lowest BCUT2D eigenvalue weighted by molar-refractivity contribution is -0.140. The van der Waals surface area contributed by atoms with Crippen LogP contribution in [0.25, 0.3) is 0 Å². The highest BCUT2D eigenvalue weighted by atomic mass is 19.1. The van der Waals surface area contributed by atoms with Crippen LogP contribution in [0.4, 0.5) is 4.39 Å². The number of para-hydroxylation sites is 1. The first-order chi connectivity index (χ1) is 14.5. The van der Waals surface area contributed by atoms with Gasteiger partial charge in [0.1, 0.15) is 18.0 Å². The molecular formula is C23H26FNO5. The van der Waals surface area contributed by atoms with Gasteiger partial charge in [-0.15, -0.1) is 0 Å². The van der Waals surface area contributed by atoms with Gasteiger partial charge >= 0.3 is 5.97 Å². The number of halogens is 1. The van der Waals surface area contributed by atoms with Gasteiger partial charge < -0.3 is 19.9 Å². The molecule has 2 N–H and O–H groups in total. The number of carbonyl (C=O) groups is 2. The fourth-order valence-corrected chi connectivity index (χ4v) is 3.46. The van der Waals surface area contributed by atoms with Crippen molar-refractivity contribution in [3.05, 3.63) is 66.0 Å². The highest BCUT2D eigenvalue weighted by Crippen LogP contribution is 2.32. The highest BCUT2D eigenvalue weighted by Gasteiger charge is 2.36. The summed E-state index contributed by atoms with van der Waals surface area (Å²) in [5, 5.41) is 12.6. The molecule has 0 saturated heterocycles. The molecule has 6 nitrogen and oxygen atoms in total. The molecule has 1 aliphatic carbocycles. The Kier molecular flexibility index (Phi) is 7.54. The Labute approximate surface area is 175 Å². The van der Waals surface area contributed by atoms with Crippen LogP contribution < -0.4 is 10.1 Å².